The van der Waals surface area contributed by atoms with Gasteiger partial charge >= 0.3 is 0 Å². The second-order valence-electron chi connectivity index (χ2n) is 5.96. The molecule has 0 atom stereocenters. The lowest BCUT2D eigenvalue weighted by Gasteiger charge is -2.05. The summed E-state index contributed by atoms with van der Waals surface area (Å²) in [6.07, 6.45) is 7.52. The number of amides is 1. The van der Waals surface area contributed by atoms with Crippen molar-refractivity contribution in [2.45, 2.75) is 25.5 Å². The van der Waals surface area contributed by atoms with Gasteiger partial charge in [0.1, 0.15) is 0 Å². The van der Waals surface area contributed by atoms with Crippen LogP contribution >= 0.6 is 11.8 Å². The van der Waals surface area contributed by atoms with Crippen LogP contribution in [0.1, 0.15) is 23.6 Å². The maximum Gasteiger partial charge on any atom is 0.230 e. The Morgan fingerprint density at radius 2 is 2.16 bits per heavy atom. The maximum atomic E-state index is 12.0. The molecular weight excluding hydrogens is 330 g/mol. The summed E-state index contributed by atoms with van der Waals surface area (Å²) in [4.78, 5) is 19.4. The van der Waals surface area contributed by atoms with E-state index in [1.165, 1.54) is 22.0 Å². The van der Waals surface area contributed by atoms with Crippen molar-refractivity contribution in [3.63, 3.8) is 0 Å². The molecule has 0 aliphatic rings. The van der Waals surface area contributed by atoms with Crippen molar-refractivity contribution < 1.29 is 4.79 Å². The number of hydrogen-bond acceptors (Lipinski definition) is 3. The Kier molecular flexibility index (Phi) is 6.12. The molecule has 1 amide bonds. The summed E-state index contributed by atoms with van der Waals surface area (Å²) >= 11 is 1.61. The molecule has 25 heavy (non-hydrogen) atoms. The molecule has 0 radical (unpaired) electrons. The molecule has 0 fully saturated rings. The summed E-state index contributed by atoms with van der Waals surface area (Å²) in [6, 6.07) is 10.3. The van der Waals surface area contributed by atoms with Crippen LogP contribution in [0.3, 0.4) is 0 Å². The van der Waals surface area contributed by atoms with E-state index >= 15 is 0 Å². The fourth-order valence-corrected chi connectivity index (χ4v) is 3.71. The number of carbonyl (C=O) groups is 1. The number of nitrogens with zero attached hydrogens (tertiary/aromatic N) is 1. The minimum Gasteiger partial charge on any atom is -0.361 e. The molecule has 3 rings (SSSR count). The predicted molar refractivity (Wildman–Crippen MR) is 105 cm³/mol. The van der Waals surface area contributed by atoms with Crippen LogP contribution in [0.25, 0.3) is 10.9 Å². The topological polar surface area (TPSA) is 57.8 Å². The zero-order valence-corrected chi connectivity index (χ0v) is 15.2. The zero-order valence-electron chi connectivity index (χ0n) is 14.4. The van der Waals surface area contributed by atoms with Gasteiger partial charge in [-0.25, -0.2) is 0 Å². The molecule has 4 nitrogen and oxygen atoms in total. The lowest BCUT2D eigenvalue weighted by Crippen LogP contribution is -2.27. The molecule has 5 heteroatoms. The van der Waals surface area contributed by atoms with Gasteiger partial charge in [-0.3, -0.25) is 9.78 Å². The largest absolute Gasteiger partial charge is 0.361 e. The molecule has 0 saturated carbocycles. The molecule has 130 valence electrons. The number of aryl methyl sites for hydroxylation is 1. The van der Waals surface area contributed by atoms with E-state index in [9.17, 15) is 4.79 Å². The van der Waals surface area contributed by atoms with Gasteiger partial charge in [0.2, 0.25) is 5.91 Å². The number of rotatable bonds is 8. The minimum atomic E-state index is 0.0861. The molecule has 2 N–H and O–H groups in total. The van der Waals surface area contributed by atoms with E-state index in [0.29, 0.717) is 12.3 Å². The number of H-pyrrole nitrogens is 1. The Balaban J connectivity index is 1.44. The van der Waals surface area contributed by atoms with Crippen molar-refractivity contribution in [1.29, 1.82) is 0 Å². The number of carbonyl (C=O) groups excluding carboxylic acids is 1. The number of aromatic nitrogens is 2. The lowest BCUT2D eigenvalue weighted by molar-refractivity contribution is -0.118. The summed E-state index contributed by atoms with van der Waals surface area (Å²) in [6.45, 7) is 2.83. The predicted octanol–water partition coefficient (Wildman–Crippen LogP) is 3.72. The van der Waals surface area contributed by atoms with Crippen LogP contribution in [0.15, 0.2) is 48.9 Å². The first kappa shape index (κ1) is 17.5. The highest BCUT2D eigenvalue weighted by atomic mass is 32.2. The second-order valence-corrected chi connectivity index (χ2v) is 6.95. The first-order valence-electron chi connectivity index (χ1n) is 8.59. The number of para-hydroxylation sites is 1. The first-order valence-corrected chi connectivity index (χ1v) is 9.74. The summed E-state index contributed by atoms with van der Waals surface area (Å²) < 4.78 is 0. The third kappa shape index (κ3) is 4.63. The zero-order chi connectivity index (χ0) is 17.5. The van der Waals surface area contributed by atoms with Crippen LogP contribution in [0.4, 0.5) is 0 Å². The minimum absolute atomic E-state index is 0.0861. The highest BCUT2D eigenvalue weighted by Crippen LogP contribution is 2.22. The van der Waals surface area contributed by atoms with Crippen molar-refractivity contribution in [3.05, 3.63) is 65.6 Å². The van der Waals surface area contributed by atoms with Crippen LogP contribution in [0, 0.1) is 0 Å². The van der Waals surface area contributed by atoms with Gasteiger partial charge in [-0.2, -0.15) is 0 Å². The first-order chi connectivity index (χ1) is 12.3. The van der Waals surface area contributed by atoms with E-state index in [1.807, 2.05) is 18.3 Å². The van der Waals surface area contributed by atoms with E-state index in [4.69, 9.17) is 0 Å². The van der Waals surface area contributed by atoms with Crippen LogP contribution in [-0.2, 0) is 23.4 Å². The lowest BCUT2D eigenvalue weighted by atomic mass is 10.1. The van der Waals surface area contributed by atoms with Crippen LogP contribution in [-0.4, -0.2) is 28.2 Å². The van der Waals surface area contributed by atoms with Crippen molar-refractivity contribution in [2.24, 2.45) is 0 Å². The maximum absolute atomic E-state index is 12.0. The summed E-state index contributed by atoms with van der Waals surface area (Å²) in [5.74, 6) is 1.37. The molecule has 1 aromatic carbocycles. The normalized spacial score (nSPS) is 10.9. The average molecular weight is 353 g/mol. The Bertz CT molecular complexity index is 829. The third-order valence-corrected chi connectivity index (χ3v) is 5.21. The smallest absolute Gasteiger partial charge is 0.230 e. The number of nitrogens with one attached hydrogen (secondary N) is 2. The molecule has 2 aromatic heterocycles. The van der Waals surface area contributed by atoms with Crippen molar-refractivity contribution in [1.82, 2.24) is 15.3 Å². The molecule has 0 unspecified atom stereocenters. The van der Waals surface area contributed by atoms with Crippen LogP contribution in [0.5, 0.6) is 0 Å². The highest BCUT2D eigenvalue weighted by Gasteiger charge is 2.07. The molecule has 0 bridgehead atoms. The van der Waals surface area contributed by atoms with Gasteiger partial charge < -0.3 is 10.3 Å². The monoisotopic (exact) mass is 353 g/mol. The Labute approximate surface area is 152 Å². The number of hydrogen-bond donors (Lipinski definition) is 2. The Morgan fingerprint density at radius 3 is 2.96 bits per heavy atom. The van der Waals surface area contributed by atoms with E-state index in [0.717, 1.165) is 24.2 Å². The van der Waals surface area contributed by atoms with Crippen molar-refractivity contribution in [2.75, 3.05) is 12.3 Å². The Morgan fingerprint density at radius 1 is 1.24 bits per heavy atom. The number of thioether (sulfide) groups is 1. The molecular formula is C20H23N3OS. The molecule has 3 aromatic rings. The SMILES string of the molecule is CCc1cccc2c(CCNC(=O)CSCc3cccnc3)c[nH]c12. The van der Waals surface area contributed by atoms with Gasteiger partial charge in [-0.15, -0.1) is 11.8 Å². The van der Waals surface area contributed by atoms with Gasteiger partial charge in [-0.05, 0) is 35.6 Å². The van der Waals surface area contributed by atoms with Crippen LogP contribution < -0.4 is 5.32 Å². The van der Waals surface area contributed by atoms with Gasteiger partial charge in [0.05, 0.1) is 5.75 Å². The molecule has 0 aliphatic carbocycles. The van der Waals surface area contributed by atoms with Gasteiger partial charge in [0.15, 0.2) is 0 Å². The number of fused-ring (bicyclic) bond motifs is 1. The fraction of sp³-hybridized carbons (Fsp3) is 0.300. The average Bonchev–Trinajstić information content (AvgIpc) is 3.06. The summed E-state index contributed by atoms with van der Waals surface area (Å²) in [5, 5.41) is 4.27. The number of pyridine rings is 1. The number of aromatic amines is 1. The van der Waals surface area contributed by atoms with E-state index in [1.54, 1.807) is 18.0 Å². The van der Waals surface area contributed by atoms with Crippen molar-refractivity contribution in [3.8, 4) is 0 Å². The van der Waals surface area contributed by atoms with Crippen molar-refractivity contribution >= 4 is 28.6 Å². The van der Waals surface area contributed by atoms with E-state index < -0.39 is 0 Å². The molecule has 0 saturated heterocycles. The third-order valence-electron chi connectivity index (χ3n) is 4.21. The highest BCUT2D eigenvalue weighted by molar-refractivity contribution is 7.99. The van der Waals surface area contributed by atoms with Crippen LogP contribution in [0.2, 0.25) is 0 Å². The quantitative estimate of drug-likeness (QED) is 0.649. The summed E-state index contributed by atoms with van der Waals surface area (Å²) in [5.41, 5.74) is 4.96. The molecule has 2 heterocycles. The second kappa shape index (κ2) is 8.72. The molecule has 0 spiro atoms. The van der Waals surface area contributed by atoms with Gasteiger partial charge in [0.25, 0.3) is 0 Å². The summed E-state index contributed by atoms with van der Waals surface area (Å²) in [7, 11) is 0. The van der Waals surface area contributed by atoms with Gasteiger partial charge in [-0.1, -0.05) is 31.2 Å². The van der Waals surface area contributed by atoms with E-state index in [-0.39, 0.29) is 5.91 Å². The standard InChI is InChI=1S/C20H23N3OS/c1-2-16-6-3-7-18-17(12-23-20(16)18)8-10-22-19(24)14-25-13-15-5-4-9-21-11-15/h3-7,9,11-12,23H,2,8,10,13-14H2,1H3,(H,22,24). The molecule has 0 aliphatic heterocycles. The Hall–Kier alpha value is -2.27. The number of benzene rings is 1. The fourth-order valence-electron chi connectivity index (χ4n) is 2.91. The van der Waals surface area contributed by atoms with Gasteiger partial charge in [0, 0.05) is 41.8 Å². The van der Waals surface area contributed by atoms with E-state index in [2.05, 4.69) is 46.6 Å².